The summed E-state index contributed by atoms with van der Waals surface area (Å²) in [5, 5.41) is 10.8. The molecule has 0 unspecified atom stereocenters. The van der Waals surface area contributed by atoms with E-state index in [1.54, 1.807) is 18.2 Å². The molecule has 1 atom stereocenters. The number of nitrogens with two attached hydrogens (primary N) is 1. The summed E-state index contributed by atoms with van der Waals surface area (Å²) in [6.45, 7) is 1.02. The molecular weight excluding hydrogens is 480 g/mol. The first-order chi connectivity index (χ1) is 17.8. The van der Waals surface area contributed by atoms with Crippen LogP contribution in [0.3, 0.4) is 0 Å². The molecule has 0 saturated heterocycles. The van der Waals surface area contributed by atoms with Gasteiger partial charge in [0.05, 0.1) is 33.0 Å². The van der Waals surface area contributed by atoms with E-state index in [0.29, 0.717) is 36.7 Å². The summed E-state index contributed by atoms with van der Waals surface area (Å²) in [4.78, 5) is 39.2. The lowest BCUT2D eigenvalue weighted by Crippen LogP contribution is -2.24. The van der Waals surface area contributed by atoms with E-state index in [-0.39, 0.29) is 17.5 Å². The average molecular weight is 509 g/mol. The zero-order chi connectivity index (χ0) is 26.5. The lowest BCUT2D eigenvalue weighted by molar-refractivity contribution is -0.118. The summed E-state index contributed by atoms with van der Waals surface area (Å²) in [6.07, 6.45) is 2.27. The Bertz CT molecular complexity index is 1380. The number of primary amides is 1. The molecule has 0 aliphatic carbocycles. The van der Waals surface area contributed by atoms with Crippen molar-refractivity contribution in [2.24, 2.45) is 5.73 Å². The molecule has 2 heterocycles. The summed E-state index contributed by atoms with van der Waals surface area (Å²) >= 11 is 0. The van der Waals surface area contributed by atoms with Gasteiger partial charge in [0.15, 0.2) is 11.5 Å². The van der Waals surface area contributed by atoms with Gasteiger partial charge in [-0.1, -0.05) is 18.2 Å². The van der Waals surface area contributed by atoms with Crippen LogP contribution < -0.4 is 25.5 Å². The number of pyridine rings is 1. The number of aromatic hydroxyl groups is 1. The van der Waals surface area contributed by atoms with Crippen LogP contribution in [0, 0.1) is 0 Å². The number of esters is 1. The number of methoxy groups -OCH3 is 2. The van der Waals surface area contributed by atoms with Crippen LogP contribution in [0.2, 0.25) is 0 Å². The minimum atomic E-state index is -0.962. The van der Waals surface area contributed by atoms with Crippen molar-refractivity contribution < 1.29 is 33.6 Å². The van der Waals surface area contributed by atoms with Crippen LogP contribution in [0.4, 0.5) is 0 Å². The first-order valence-corrected chi connectivity index (χ1v) is 11.7. The molecular formula is C27H28N2O8. The molecule has 0 saturated carbocycles. The predicted octanol–water partition coefficient (Wildman–Crippen LogP) is 2.44. The van der Waals surface area contributed by atoms with E-state index in [9.17, 15) is 19.5 Å². The molecule has 1 aliphatic rings. The lowest BCUT2D eigenvalue weighted by Gasteiger charge is -2.20. The Morgan fingerprint density at radius 1 is 1.16 bits per heavy atom. The smallest absolute Gasteiger partial charge is 0.343 e. The zero-order valence-electron chi connectivity index (χ0n) is 20.5. The van der Waals surface area contributed by atoms with Gasteiger partial charge in [-0.05, 0) is 34.9 Å². The molecule has 37 heavy (non-hydrogen) atoms. The standard InChI is InChI=1S/C27H28N2O8/c1-34-21-6-4-16(12-22(21)37-9-7-15-3-5-20-17(11-15)8-10-36-20)18(13-23(28)30)24-25(31)19(27(33)35-2)14-29-26(24)32/h3-6,11-12,14,18H,7-10,13H2,1-2H3,(H2,28,30)(H2,29,31,32)/t18-/m0/s1. The Labute approximate surface area is 212 Å². The quantitative estimate of drug-likeness (QED) is 0.354. The highest BCUT2D eigenvalue weighted by Crippen LogP contribution is 2.38. The number of hydrogen-bond donors (Lipinski definition) is 3. The van der Waals surface area contributed by atoms with E-state index < -0.39 is 29.1 Å². The van der Waals surface area contributed by atoms with Gasteiger partial charge in [-0.2, -0.15) is 0 Å². The molecule has 10 nitrogen and oxygen atoms in total. The third-order valence-corrected chi connectivity index (χ3v) is 6.25. The van der Waals surface area contributed by atoms with E-state index in [2.05, 4.69) is 15.8 Å². The number of nitrogens with one attached hydrogen (secondary N) is 1. The minimum absolute atomic E-state index is 0.182. The van der Waals surface area contributed by atoms with Crippen LogP contribution in [-0.4, -0.2) is 49.4 Å². The topological polar surface area (TPSA) is 150 Å². The molecule has 194 valence electrons. The van der Waals surface area contributed by atoms with Crippen molar-refractivity contribution in [2.45, 2.75) is 25.2 Å². The molecule has 3 aromatic rings. The predicted molar refractivity (Wildman–Crippen MR) is 134 cm³/mol. The highest BCUT2D eigenvalue weighted by Gasteiger charge is 2.28. The van der Waals surface area contributed by atoms with Gasteiger partial charge >= 0.3 is 5.97 Å². The zero-order valence-corrected chi connectivity index (χ0v) is 20.5. The van der Waals surface area contributed by atoms with E-state index in [1.807, 2.05) is 12.1 Å². The van der Waals surface area contributed by atoms with Crippen molar-refractivity contribution in [3.63, 3.8) is 0 Å². The Balaban J connectivity index is 1.64. The minimum Gasteiger partial charge on any atom is -0.506 e. The van der Waals surface area contributed by atoms with Gasteiger partial charge in [-0.15, -0.1) is 0 Å². The Hall–Kier alpha value is -4.47. The maximum Gasteiger partial charge on any atom is 0.343 e. The number of carbonyl (C=O) groups is 2. The molecule has 0 fully saturated rings. The number of ether oxygens (including phenoxy) is 4. The molecule has 4 rings (SSSR count). The van der Waals surface area contributed by atoms with Crippen molar-refractivity contribution in [1.82, 2.24) is 4.98 Å². The SMILES string of the molecule is COC(=O)c1c[nH]c(=O)c([C@@H](CC(N)=O)c2ccc(OC)c(OCCc3ccc4c(c3)CCO4)c2)c1O. The first kappa shape index (κ1) is 25.6. The van der Waals surface area contributed by atoms with Gasteiger partial charge < -0.3 is 34.8 Å². The number of rotatable bonds is 10. The van der Waals surface area contributed by atoms with Crippen LogP contribution >= 0.6 is 0 Å². The number of hydrogen-bond acceptors (Lipinski definition) is 8. The molecule has 2 aromatic carbocycles. The highest BCUT2D eigenvalue weighted by atomic mass is 16.5. The Kier molecular flexibility index (Phi) is 7.66. The van der Waals surface area contributed by atoms with Crippen molar-refractivity contribution in [3.05, 3.63) is 80.8 Å². The number of carbonyl (C=O) groups excluding carboxylic acids is 2. The summed E-state index contributed by atoms with van der Waals surface area (Å²) in [5.41, 5.74) is 7.12. The fraction of sp³-hybridized carbons (Fsp3) is 0.296. The van der Waals surface area contributed by atoms with Crippen LogP contribution in [0.1, 0.15) is 45.0 Å². The second-order valence-electron chi connectivity index (χ2n) is 8.56. The molecule has 1 aliphatic heterocycles. The molecule has 0 radical (unpaired) electrons. The number of H-pyrrole nitrogens is 1. The Morgan fingerprint density at radius 3 is 2.70 bits per heavy atom. The number of aromatic nitrogens is 1. The molecule has 4 N–H and O–H groups in total. The molecule has 1 amide bonds. The first-order valence-electron chi connectivity index (χ1n) is 11.7. The van der Waals surface area contributed by atoms with Crippen molar-refractivity contribution in [2.75, 3.05) is 27.4 Å². The van der Waals surface area contributed by atoms with Crippen LogP contribution in [0.25, 0.3) is 0 Å². The molecule has 0 spiro atoms. The van der Waals surface area contributed by atoms with Gasteiger partial charge in [0, 0.05) is 31.4 Å². The number of benzene rings is 2. The summed E-state index contributed by atoms with van der Waals surface area (Å²) in [5.74, 6) is -1.34. The maximum atomic E-state index is 12.7. The number of fused-ring (bicyclic) bond motifs is 1. The second kappa shape index (κ2) is 11.1. The summed E-state index contributed by atoms with van der Waals surface area (Å²) in [6, 6.07) is 11.0. The molecule has 1 aromatic heterocycles. The van der Waals surface area contributed by atoms with Gasteiger partial charge in [-0.3, -0.25) is 9.59 Å². The van der Waals surface area contributed by atoms with Gasteiger partial charge in [0.1, 0.15) is 17.1 Å². The molecule has 10 heteroatoms. The third kappa shape index (κ3) is 5.53. The van der Waals surface area contributed by atoms with E-state index in [1.165, 1.54) is 12.7 Å². The van der Waals surface area contributed by atoms with Crippen LogP contribution in [0.5, 0.6) is 23.0 Å². The van der Waals surface area contributed by atoms with Crippen molar-refractivity contribution >= 4 is 11.9 Å². The number of aromatic amines is 1. The third-order valence-electron chi connectivity index (χ3n) is 6.25. The van der Waals surface area contributed by atoms with Crippen LogP contribution in [0.15, 0.2) is 47.4 Å². The maximum absolute atomic E-state index is 12.7. The van der Waals surface area contributed by atoms with E-state index in [0.717, 1.165) is 31.0 Å². The normalized spacial score (nSPS) is 12.8. The fourth-order valence-corrected chi connectivity index (χ4v) is 4.41. The second-order valence-corrected chi connectivity index (χ2v) is 8.56. The highest BCUT2D eigenvalue weighted by molar-refractivity contribution is 5.92. The van der Waals surface area contributed by atoms with E-state index >= 15 is 0 Å². The molecule has 0 bridgehead atoms. The van der Waals surface area contributed by atoms with Crippen molar-refractivity contribution in [1.29, 1.82) is 0 Å². The fourth-order valence-electron chi connectivity index (χ4n) is 4.41. The van der Waals surface area contributed by atoms with Gasteiger partial charge in [0.2, 0.25) is 5.91 Å². The summed E-state index contributed by atoms with van der Waals surface area (Å²) < 4.78 is 21.7. The van der Waals surface area contributed by atoms with E-state index in [4.69, 9.17) is 19.9 Å². The number of amides is 1. The van der Waals surface area contributed by atoms with Crippen molar-refractivity contribution in [3.8, 4) is 23.0 Å². The van der Waals surface area contributed by atoms with Gasteiger partial charge in [-0.25, -0.2) is 4.79 Å². The summed E-state index contributed by atoms with van der Waals surface area (Å²) in [7, 11) is 2.65. The average Bonchev–Trinajstić information content (AvgIpc) is 3.35. The largest absolute Gasteiger partial charge is 0.506 e. The Morgan fingerprint density at radius 2 is 1.97 bits per heavy atom. The van der Waals surface area contributed by atoms with Crippen LogP contribution in [-0.2, 0) is 22.4 Å². The monoisotopic (exact) mass is 508 g/mol. The lowest BCUT2D eigenvalue weighted by atomic mass is 9.87. The van der Waals surface area contributed by atoms with Gasteiger partial charge in [0.25, 0.3) is 5.56 Å².